The van der Waals surface area contributed by atoms with Gasteiger partial charge in [0.15, 0.2) is 6.61 Å². The highest BCUT2D eigenvalue weighted by molar-refractivity contribution is 7.80. The highest BCUT2D eigenvalue weighted by Gasteiger charge is 2.12. The van der Waals surface area contributed by atoms with Gasteiger partial charge in [-0.2, -0.15) is 0 Å². The van der Waals surface area contributed by atoms with Crippen molar-refractivity contribution in [1.82, 2.24) is 10.3 Å². The lowest BCUT2D eigenvalue weighted by atomic mass is 9.97. The Morgan fingerprint density at radius 2 is 1.88 bits per heavy atom. The Labute approximate surface area is 191 Å². The van der Waals surface area contributed by atoms with Crippen molar-refractivity contribution >= 4 is 29.4 Å². The summed E-state index contributed by atoms with van der Waals surface area (Å²) in [6.45, 7) is 0.350. The molecular weight excluding hydrogens is 427 g/mol. The Morgan fingerprint density at radius 3 is 2.56 bits per heavy atom. The van der Waals surface area contributed by atoms with Crippen LogP contribution in [0.1, 0.15) is 5.56 Å². The molecule has 164 valence electrons. The molecule has 1 heterocycles. The first-order valence-electron chi connectivity index (χ1n) is 9.87. The molecule has 5 nitrogen and oxygen atoms in total. The number of hydrogen-bond acceptors (Lipinski definition) is 5. The molecule has 0 unspecified atom stereocenters. The van der Waals surface area contributed by atoms with Gasteiger partial charge in [0, 0.05) is 34.8 Å². The molecule has 4 rings (SSSR count). The molecule has 0 bridgehead atoms. The molecule has 0 saturated carbocycles. The second-order valence-corrected chi connectivity index (χ2v) is 7.44. The van der Waals surface area contributed by atoms with Crippen LogP contribution in [0.2, 0.25) is 0 Å². The van der Waals surface area contributed by atoms with Gasteiger partial charge in [-0.15, -0.1) is 12.6 Å². The van der Waals surface area contributed by atoms with Crippen LogP contribution >= 0.6 is 12.6 Å². The van der Waals surface area contributed by atoms with Gasteiger partial charge >= 0.3 is 5.97 Å². The van der Waals surface area contributed by atoms with E-state index >= 15 is 0 Å². The van der Waals surface area contributed by atoms with Crippen LogP contribution in [-0.2, 0) is 11.3 Å². The van der Waals surface area contributed by atoms with E-state index in [1.807, 2.05) is 55.7 Å². The van der Waals surface area contributed by atoms with Crippen LogP contribution in [0.5, 0.6) is 5.75 Å². The topological polar surface area (TPSA) is 71.5 Å². The van der Waals surface area contributed by atoms with Gasteiger partial charge in [-0.1, -0.05) is 24.3 Å². The van der Waals surface area contributed by atoms with Crippen molar-refractivity contribution in [3.63, 3.8) is 0 Å². The van der Waals surface area contributed by atoms with Gasteiger partial charge in [0.25, 0.3) is 0 Å². The second-order valence-electron chi connectivity index (χ2n) is 6.92. The second kappa shape index (κ2) is 11.3. The highest BCUT2D eigenvalue weighted by Crippen LogP contribution is 2.35. The number of benzene rings is 3. The zero-order chi connectivity index (χ0) is 22.9. The number of nitrogens with zero attached hydrogens (tertiary/aromatic N) is 1. The van der Waals surface area contributed by atoms with Gasteiger partial charge in [-0.05, 0) is 66.0 Å². The Bertz CT molecular complexity index is 1170. The summed E-state index contributed by atoms with van der Waals surface area (Å²) in [5.74, 6) is -0.660. The summed E-state index contributed by atoms with van der Waals surface area (Å²) < 4.78 is 17.6. The van der Waals surface area contributed by atoms with Gasteiger partial charge in [0.1, 0.15) is 11.6 Å². The van der Waals surface area contributed by atoms with Crippen molar-refractivity contribution in [3.05, 3.63) is 90.5 Å². The molecule has 3 aromatic carbocycles. The minimum absolute atomic E-state index is 0.220. The fraction of sp³-hybridized carbons (Fsp3) is 0.120. The van der Waals surface area contributed by atoms with E-state index in [9.17, 15) is 9.18 Å². The van der Waals surface area contributed by atoms with Gasteiger partial charge in [-0.25, -0.2) is 9.18 Å². The molecule has 1 aromatic heterocycles. The molecule has 0 aliphatic heterocycles. The number of aromatic nitrogens is 1. The van der Waals surface area contributed by atoms with Gasteiger partial charge < -0.3 is 15.2 Å². The monoisotopic (exact) mass is 450 g/mol. The summed E-state index contributed by atoms with van der Waals surface area (Å²) in [5.41, 5.74) is 2.97. The Balaban J connectivity index is 0.000000305. The van der Waals surface area contributed by atoms with E-state index in [0.29, 0.717) is 5.75 Å². The fourth-order valence-electron chi connectivity index (χ4n) is 3.17. The third-order valence-corrected chi connectivity index (χ3v) is 4.87. The first-order valence-corrected chi connectivity index (χ1v) is 10.3. The number of carboxylic acid groups (broad SMARTS) is 1. The summed E-state index contributed by atoms with van der Waals surface area (Å²) in [6, 6.07) is 19.7. The molecule has 4 aromatic rings. The van der Waals surface area contributed by atoms with Crippen molar-refractivity contribution in [2.45, 2.75) is 11.4 Å². The van der Waals surface area contributed by atoms with E-state index in [0.717, 1.165) is 38.9 Å². The molecule has 0 amide bonds. The van der Waals surface area contributed by atoms with Crippen molar-refractivity contribution < 1.29 is 19.0 Å². The number of carbonyl (C=O) groups is 1. The number of nitrogens with one attached hydrogen (secondary N) is 1. The lowest BCUT2D eigenvalue weighted by molar-refractivity contribution is -0.139. The summed E-state index contributed by atoms with van der Waals surface area (Å²) in [6.07, 6.45) is 3.56. The Kier molecular flexibility index (Phi) is 8.19. The molecule has 0 aliphatic carbocycles. The maximum atomic E-state index is 12.1. The number of fused-ring (bicyclic) bond motifs is 1. The van der Waals surface area contributed by atoms with Crippen LogP contribution in [-0.4, -0.2) is 29.7 Å². The number of thiol groups is 1. The SMILES string of the molecule is CNCc1ccc(OCC(=O)O)c(-c2cccc3cnccc23)c1.Fc1ccc(S)cc1. The fourth-order valence-corrected chi connectivity index (χ4v) is 3.31. The molecule has 7 heteroatoms. The van der Waals surface area contributed by atoms with Crippen LogP contribution in [0.15, 0.2) is 84.0 Å². The van der Waals surface area contributed by atoms with E-state index in [1.165, 1.54) is 12.1 Å². The normalized spacial score (nSPS) is 10.3. The lowest BCUT2D eigenvalue weighted by Crippen LogP contribution is -2.10. The maximum Gasteiger partial charge on any atom is 0.341 e. The Hall–Kier alpha value is -3.42. The smallest absolute Gasteiger partial charge is 0.341 e. The van der Waals surface area contributed by atoms with Crippen molar-refractivity contribution in [2.24, 2.45) is 0 Å². The summed E-state index contributed by atoms with van der Waals surface area (Å²) in [5, 5.41) is 14.1. The van der Waals surface area contributed by atoms with E-state index in [2.05, 4.69) is 22.9 Å². The molecule has 0 radical (unpaired) electrons. The van der Waals surface area contributed by atoms with E-state index in [1.54, 1.807) is 18.3 Å². The predicted octanol–water partition coefficient (Wildman–Crippen LogP) is 5.20. The van der Waals surface area contributed by atoms with Crippen LogP contribution < -0.4 is 10.1 Å². The van der Waals surface area contributed by atoms with Crippen LogP contribution in [0.25, 0.3) is 21.9 Å². The molecule has 0 atom stereocenters. The van der Waals surface area contributed by atoms with Crippen molar-refractivity contribution in [3.8, 4) is 16.9 Å². The summed E-state index contributed by atoms with van der Waals surface area (Å²) in [7, 11) is 1.89. The summed E-state index contributed by atoms with van der Waals surface area (Å²) >= 11 is 3.97. The number of hydrogen-bond donors (Lipinski definition) is 3. The number of aliphatic carboxylic acids is 1. The van der Waals surface area contributed by atoms with Crippen LogP contribution in [0, 0.1) is 5.82 Å². The van der Waals surface area contributed by atoms with Crippen molar-refractivity contribution in [2.75, 3.05) is 13.7 Å². The zero-order valence-electron chi connectivity index (χ0n) is 17.5. The molecular formula is C25H23FN2O3S. The quantitative estimate of drug-likeness (QED) is 0.352. The van der Waals surface area contributed by atoms with Gasteiger partial charge in [0.2, 0.25) is 0 Å². The number of ether oxygens (including phenoxy) is 1. The molecule has 0 aliphatic rings. The molecule has 32 heavy (non-hydrogen) atoms. The third kappa shape index (κ3) is 6.29. The van der Waals surface area contributed by atoms with E-state index in [4.69, 9.17) is 9.84 Å². The maximum absolute atomic E-state index is 12.1. The van der Waals surface area contributed by atoms with E-state index < -0.39 is 5.97 Å². The molecule has 2 N–H and O–H groups in total. The molecule has 0 saturated heterocycles. The first-order chi connectivity index (χ1) is 15.5. The average Bonchev–Trinajstić information content (AvgIpc) is 2.80. The average molecular weight is 451 g/mol. The number of rotatable bonds is 6. The number of halogens is 1. The molecule has 0 fully saturated rings. The molecule has 0 spiro atoms. The first kappa shape index (κ1) is 23.2. The highest BCUT2D eigenvalue weighted by atomic mass is 32.1. The Morgan fingerprint density at radius 1 is 1.09 bits per heavy atom. The summed E-state index contributed by atoms with van der Waals surface area (Å²) in [4.78, 5) is 15.8. The predicted molar refractivity (Wildman–Crippen MR) is 127 cm³/mol. The minimum Gasteiger partial charge on any atom is -0.481 e. The number of pyridine rings is 1. The van der Waals surface area contributed by atoms with Crippen molar-refractivity contribution in [1.29, 1.82) is 0 Å². The third-order valence-electron chi connectivity index (χ3n) is 4.57. The zero-order valence-corrected chi connectivity index (χ0v) is 18.4. The van der Waals surface area contributed by atoms with Crippen LogP contribution in [0.3, 0.4) is 0 Å². The standard InChI is InChI=1S/C19H18N2O3.C6H5FS/c1-20-10-13-5-6-18(24-12-19(22)23)17(9-13)16-4-2-3-14-11-21-8-7-15(14)16;7-5-1-3-6(8)4-2-5/h2-9,11,20H,10,12H2,1H3,(H,22,23);1-4,8H. The largest absolute Gasteiger partial charge is 0.481 e. The van der Waals surface area contributed by atoms with Crippen LogP contribution in [0.4, 0.5) is 4.39 Å². The minimum atomic E-state index is -0.998. The number of carboxylic acids is 1. The lowest BCUT2D eigenvalue weighted by Gasteiger charge is -2.14. The van der Waals surface area contributed by atoms with E-state index in [-0.39, 0.29) is 12.4 Å². The van der Waals surface area contributed by atoms with Gasteiger partial charge in [-0.3, -0.25) is 4.98 Å². The van der Waals surface area contributed by atoms with Gasteiger partial charge in [0.05, 0.1) is 0 Å².